The van der Waals surface area contributed by atoms with Crippen LogP contribution in [0.2, 0.25) is 0 Å². The topological polar surface area (TPSA) is 20.3 Å². The van der Waals surface area contributed by atoms with E-state index in [2.05, 4.69) is 19.0 Å². The number of hydrogen-bond acceptors (Lipinski definition) is 2. The van der Waals surface area contributed by atoms with Crippen molar-refractivity contribution in [3.05, 3.63) is 0 Å². The lowest BCUT2D eigenvalue weighted by molar-refractivity contribution is -0.126. The summed E-state index contributed by atoms with van der Waals surface area (Å²) >= 11 is 0. The number of carbonyl (C=O) groups excluding carboxylic acids is 1. The first-order valence-corrected chi connectivity index (χ1v) is 4.87. The standard InChI is InChI=1S/C10H17NO/c1-11(2)6-9-7-3-4-8(5-7)10(9)12/h7-9H,3-6H2,1-2H3/t7-,8+,9-/m1/s1. The van der Waals surface area contributed by atoms with Gasteiger partial charge in [0, 0.05) is 18.4 Å². The van der Waals surface area contributed by atoms with Crippen LogP contribution in [0.25, 0.3) is 0 Å². The van der Waals surface area contributed by atoms with Crippen molar-refractivity contribution >= 4 is 5.78 Å². The van der Waals surface area contributed by atoms with E-state index in [-0.39, 0.29) is 0 Å². The maximum atomic E-state index is 11.7. The van der Waals surface area contributed by atoms with E-state index < -0.39 is 0 Å². The summed E-state index contributed by atoms with van der Waals surface area (Å²) in [7, 11) is 4.11. The van der Waals surface area contributed by atoms with Gasteiger partial charge in [0.05, 0.1) is 0 Å². The molecule has 0 saturated heterocycles. The van der Waals surface area contributed by atoms with E-state index in [0.717, 1.165) is 12.5 Å². The van der Waals surface area contributed by atoms with Gasteiger partial charge < -0.3 is 4.90 Å². The minimum Gasteiger partial charge on any atom is -0.309 e. The Bertz CT molecular complexity index is 200. The van der Waals surface area contributed by atoms with Crippen molar-refractivity contribution in [3.8, 4) is 0 Å². The molecule has 2 aliphatic carbocycles. The van der Waals surface area contributed by atoms with E-state index in [4.69, 9.17) is 0 Å². The maximum absolute atomic E-state index is 11.7. The Balaban J connectivity index is 2.02. The van der Waals surface area contributed by atoms with Gasteiger partial charge in [0.2, 0.25) is 0 Å². The van der Waals surface area contributed by atoms with Crippen molar-refractivity contribution in [1.82, 2.24) is 4.90 Å². The summed E-state index contributed by atoms with van der Waals surface area (Å²) in [6.07, 6.45) is 3.67. The summed E-state index contributed by atoms with van der Waals surface area (Å²) in [5, 5.41) is 0. The second-order valence-electron chi connectivity index (χ2n) is 4.54. The van der Waals surface area contributed by atoms with Gasteiger partial charge in [0.1, 0.15) is 5.78 Å². The Hall–Kier alpha value is -0.370. The van der Waals surface area contributed by atoms with Crippen LogP contribution >= 0.6 is 0 Å². The second kappa shape index (κ2) is 2.84. The third kappa shape index (κ3) is 1.18. The average molecular weight is 167 g/mol. The van der Waals surface area contributed by atoms with Gasteiger partial charge in [0.15, 0.2) is 0 Å². The molecule has 2 nitrogen and oxygen atoms in total. The fraction of sp³-hybridized carbons (Fsp3) is 0.900. The number of rotatable bonds is 2. The van der Waals surface area contributed by atoms with Crippen LogP contribution < -0.4 is 0 Å². The molecule has 68 valence electrons. The van der Waals surface area contributed by atoms with Gasteiger partial charge in [-0.25, -0.2) is 0 Å². The molecule has 0 aromatic rings. The molecule has 0 aliphatic heterocycles. The molecule has 0 N–H and O–H groups in total. The molecule has 0 spiro atoms. The van der Waals surface area contributed by atoms with Crippen LogP contribution in [0.1, 0.15) is 19.3 Å². The van der Waals surface area contributed by atoms with E-state index in [0.29, 0.717) is 17.6 Å². The van der Waals surface area contributed by atoms with Crippen molar-refractivity contribution in [2.24, 2.45) is 17.8 Å². The third-order valence-electron chi connectivity index (χ3n) is 3.37. The molecule has 0 unspecified atom stereocenters. The molecule has 2 heteroatoms. The van der Waals surface area contributed by atoms with E-state index in [9.17, 15) is 4.79 Å². The van der Waals surface area contributed by atoms with Crippen molar-refractivity contribution < 1.29 is 4.79 Å². The molecule has 2 bridgehead atoms. The van der Waals surface area contributed by atoms with Crippen molar-refractivity contribution in [3.63, 3.8) is 0 Å². The summed E-state index contributed by atoms with van der Waals surface area (Å²) in [4.78, 5) is 13.8. The van der Waals surface area contributed by atoms with Gasteiger partial charge in [-0.3, -0.25) is 4.79 Å². The lowest BCUT2D eigenvalue weighted by Gasteiger charge is -2.23. The highest BCUT2D eigenvalue weighted by Gasteiger charge is 2.46. The van der Waals surface area contributed by atoms with Gasteiger partial charge in [-0.15, -0.1) is 0 Å². The largest absolute Gasteiger partial charge is 0.309 e. The van der Waals surface area contributed by atoms with Crippen molar-refractivity contribution in [2.75, 3.05) is 20.6 Å². The van der Waals surface area contributed by atoms with Crippen molar-refractivity contribution in [2.45, 2.75) is 19.3 Å². The zero-order valence-electron chi connectivity index (χ0n) is 7.92. The molecule has 2 aliphatic rings. The average Bonchev–Trinajstić information content (AvgIpc) is 2.53. The molecule has 2 rings (SSSR count). The number of ketones is 1. The molecule has 0 aromatic heterocycles. The van der Waals surface area contributed by atoms with Crippen LogP contribution in [0.4, 0.5) is 0 Å². The fourth-order valence-corrected chi connectivity index (χ4v) is 2.81. The molecule has 0 radical (unpaired) electrons. The highest BCUT2D eigenvalue weighted by atomic mass is 16.1. The SMILES string of the molecule is CN(C)C[C@H]1C(=O)[C@H]2CC[C@@H]1C2. The van der Waals surface area contributed by atoms with E-state index in [1.165, 1.54) is 19.3 Å². The summed E-state index contributed by atoms with van der Waals surface area (Å²) in [5.41, 5.74) is 0. The third-order valence-corrected chi connectivity index (χ3v) is 3.37. The highest BCUT2D eigenvalue weighted by molar-refractivity contribution is 5.87. The number of carbonyl (C=O) groups is 1. The normalized spacial score (nSPS) is 39.9. The van der Waals surface area contributed by atoms with E-state index in [1.54, 1.807) is 0 Å². The Morgan fingerprint density at radius 2 is 2.17 bits per heavy atom. The zero-order valence-corrected chi connectivity index (χ0v) is 7.92. The first kappa shape index (κ1) is 8.24. The minimum atomic E-state index is 0.374. The Morgan fingerprint density at radius 1 is 1.42 bits per heavy atom. The molecule has 12 heavy (non-hydrogen) atoms. The zero-order chi connectivity index (χ0) is 8.72. The van der Waals surface area contributed by atoms with Crippen LogP contribution in [0.15, 0.2) is 0 Å². The number of fused-ring (bicyclic) bond motifs is 2. The van der Waals surface area contributed by atoms with Crippen LogP contribution in [0, 0.1) is 17.8 Å². The number of Topliss-reactive ketones (excluding diaryl/α,β-unsaturated/α-hetero) is 1. The molecular formula is C10H17NO. The van der Waals surface area contributed by atoms with Crippen LogP contribution in [0.5, 0.6) is 0 Å². The fourth-order valence-electron chi connectivity index (χ4n) is 2.81. The van der Waals surface area contributed by atoms with Gasteiger partial charge in [-0.05, 0) is 39.3 Å². The van der Waals surface area contributed by atoms with Crippen LogP contribution in [-0.4, -0.2) is 31.3 Å². The van der Waals surface area contributed by atoms with Crippen LogP contribution in [0.3, 0.4) is 0 Å². The minimum absolute atomic E-state index is 0.374. The molecule has 2 fully saturated rings. The Labute approximate surface area is 73.9 Å². The van der Waals surface area contributed by atoms with Crippen molar-refractivity contribution in [1.29, 1.82) is 0 Å². The van der Waals surface area contributed by atoms with Gasteiger partial charge in [-0.2, -0.15) is 0 Å². The first-order valence-electron chi connectivity index (χ1n) is 4.87. The highest BCUT2D eigenvalue weighted by Crippen LogP contribution is 2.45. The Kier molecular flexibility index (Phi) is 1.95. The lowest BCUT2D eigenvalue weighted by atomic mass is 9.87. The molecule has 0 amide bonds. The number of nitrogens with zero attached hydrogens (tertiary/aromatic N) is 1. The van der Waals surface area contributed by atoms with Gasteiger partial charge >= 0.3 is 0 Å². The van der Waals surface area contributed by atoms with E-state index >= 15 is 0 Å². The molecule has 3 atom stereocenters. The summed E-state index contributed by atoms with van der Waals surface area (Å²) in [5.74, 6) is 2.10. The maximum Gasteiger partial charge on any atom is 0.140 e. The quantitative estimate of drug-likeness (QED) is 0.615. The van der Waals surface area contributed by atoms with Gasteiger partial charge in [-0.1, -0.05) is 0 Å². The monoisotopic (exact) mass is 167 g/mol. The smallest absolute Gasteiger partial charge is 0.140 e. The molecular weight excluding hydrogens is 150 g/mol. The molecule has 0 aromatic carbocycles. The number of hydrogen-bond donors (Lipinski definition) is 0. The lowest BCUT2D eigenvalue weighted by Crippen LogP contribution is -2.31. The predicted octanol–water partition coefficient (Wildman–Crippen LogP) is 1.16. The first-order chi connectivity index (χ1) is 5.68. The molecule has 2 saturated carbocycles. The molecule has 0 heterocycles. The van der Waals surface area contributed by atoms with Gasteiger partial charge in [0.25, 0.3) is 0 Å². The summed E-state index contributed by atoms with van der Waals surface area (Å²) in [6, 6.07) is 0. The predicted molar refractivity (Wildman–Crippen MR) is 47.9 cm³/mol. The second-order valence-corrected chi connectivity index (χ2v) is 4.54. The summed E-state index contributed by atoms with van der Waals surface area (Å²) < 4.78 is 0. The summed E-state index contributed by atoms with van der Waals surface area (Å²) in [6.45, 7) is 0.972. The van der Waals surface area contributed by atoms with E-state index in [1.807, 2.05) is 0 Å². The Morgan fingerprint density at radius 3 is 2.67 bits per heavy atom. The van der Waals surface area contributed by atoms with Crippen LogP contribution in [-0.2, 0) is 4.79 Å².